The largest absolute Gasteiger partial charge is 0.431 e. The lowest BCUT2D eigenvalue weighted by Gasteiger charge is -2.19. The lowest BCUT2D eigenvalue weighted by Crippen LogP contribution is -2.20. The minimum atomic E-state index is -3.39. The number of nitrogens with two attached hydrogens (primary N) is 1. The van der Waals surface area contributed by atoms with Crippen molar-refractivity contribution in [2.24, 2.45) is 0 Å². The zero-order valence-corrected chi connectivity index (χ0v) is 15.3. The number of rotatable bonds is 10. The number of para-hydroxylation sites is 1. The van der Waals surface area contributed by atoms with Gasteiger partial charge in [0.25, 0.3) is 0 Å². The Kier molecular flexibility index (Phi) is 6.12. The van der Waals surface area contributed by atoms with Crippen molar-refractivity contribution in [3.8, 4) is 5.75 Å². The maximum atomic E-state index is 12.9. The molecule has 3 N–H and O–H groups in total. The van der Waals surface area contributed by atoms with Crippen molar-refractivity contribution in [2.75, 3.05) is 25.2 Å². The van der Waals surface area contributed by atoms with Crippen molar-refractivity contribution in [1.29, 1.82) is 0 Å². The Bertz CT molecular complexity index is 948. The number of benzene rings is 1. The normalized spacial score (nSPS) is 13.3. The van der Waals surface area contributed by atoms with Gasteiger partial charge in [-0.15, -0.1) is 0 Å². The zero-order chi connectivity index (χ0) is 19.1. The first-order chi connectivity index (χ1) is 13.1. The van der Waals surface area contributed by atoms with Gasteiger partial charge in [0, 0.05) is 6.42 Å². The maximum absolute atomic E-state index is 12.9. The van der Waals surface area contributed by atoms with E-state index in [4.69, 9.17) is 15.0 Å². The number of ether oxygens (including phenoxy) is 1. The summed E-state index contributed by atoms with van der Waals surface area (Å²) in [6.45, 7) is 0.152. The fraction of sp³-hybridized carbons (Fsp3) is 0.250. The van der Waals surface area contributed by atoms with Gasteiger partial charge >= 0.3 is 7.52 Å². The summed E-state index contributed by atoms with van der Waals surface area (Å²) in [7, 11) is -3.39. The van der Waals surface area contributed by atoms with E-state index >= 15 is 0 Å². The van der Waals surface area contributed by atoms with Crippen LogP contribution in [0.5, 0.6) is 5.75 Å². The summed E-state index contributed by atoms with van der Waals surface area (Å²) in [4.78, 5) is 18.7. The number of aldehydes is 1. The van der Waals surface area contributed by atoms with Gasteiger partial charge in [-0.1, -0.05) is 18.2 Å². The molecule has 1 unspecified atom stereocenters. The second-order valence-corrected chi connectivity index (χ2v) is 7.63. The van der Waals surface area contributed by atoms with E-state index in [9.17, 15) is 9.36 Å². The smallest absolute Gasteiger partial charge is 0.342 e. The quantitative estimate of drug-likeness (QED) is 0.298. The van der Waals surface area contributed by atoms with E-state index in [2.05, 4.69) is 20.2 Å². The van der Waals surface area contributed by atoms with Crippen LogP contribution in [0.3, 0.4) is 0 Å². The molecule has 2 heterocycles. The van der Waals surface area contributed by atoms with Crippen LogP contribution < -0.4 is 15.3 Å². The first kappa shape index (κ1) is 19.0. The molecule has 27 heavy (non-hydrogen) atoms. The van der Waals surface area contributed by atoms with Crippen LogP contribution in [0.2, 0.25) is 0 Å². The van der Waals surface area contributed by atoms with Crippen LogP contribution in [0, 0.1) is 0 Å². The summed E-state index contributed by atoms with van der Waals surface area (Å²) < 4.78 is 25.5. The van der Waals surface area contributed by atoms with Crippen LogP contribution in [0.25, 0.3) is 5.65 Å². The molecule has 0 amide bonds. The Hall–Kier alpha value is -2.81. The molecule has 0 saturated carbocycles. The second kappa shape index (κ2) is 8.72. The second-order valence-electron chi connectivity index (χ2n) is 5.52. The van der Waals surface area contributed by atoms with E-state index in [1.165, 1.54) is 6.33 Å². The summed E-state index contributed by atoms with van der Waals surface area (Å²) >= 11 is 0. The lowest BCUT2D eigenvalue weighted by molar-refractivity contribution is -0.106. The number of nitrogens with zero attached hydrogens (tertiary/aromatic N) is 4. The molecule has 142 valence electrons. The molecule has 0 aliphatic heterocycles. The fourth-order valence-corrected chi connectivity index (χ4v) is 3.74. The number of imidazole rings is 1. The van der Waals surface area contributed by atoms with Gasteiger partial charge in [-0.2, -0.15) is 5.10 Å². The molecular formula is C16H19N6O4P. The maximum Gasteiger partial charge on any atom is 0.342 e. The average Bonchev–Trinajstić information content (AvgIpc) is 3.09. The molecule has 0 fully saturated rings. The van der Waals surface area contributed by atoms with Gasteiger partial charge in [-0.05, 0) is 12.1 Å². The van der Waals surface area contributed by atoms with Gasteiger partial charge in [0.1, 0.15) is 24.7 Å². The van der Waals surface area contributed by atoms with Crippen molar-refractivity contribution >= 4 is 25.3 Å². The molecule has 0 aliphatic carbocycles. The number of nitrogens with one attached hydrogen (secondary N) is 1. The predicted molar refractivity (Wildman–Crippen MR) is 98.5 cm³/mol. The minimum absolute atomic E-state index is 0.100. The summed E-state index contributed by atoms with van der Waals surface area (Å²) in [5.74, 6) is 0.716. The highest BCUT2D eigenvalue weighted by molar-refractivity contribution is 7.57. The SMILES string of the molecule is Nc1ncnn2c(CCOCP(=O)(NCC=O)Oc3ccccc3)cnc12. The topological polar surface area (TPSA) is 134 Å². The molecule has 0 bridgehead atoms. The third kappa shape index (κ3) is 4.88. The molecule has 11 heteroatoms. The summed E-state index contributed by atoms with van der Waals surface area (Å²) in [6, 6.07) is 8.70. The van der Waals surface area contributed by atoms with Crippen LogP contribution in [-0.2, 0) is 20.5 Å². The highest BCUT2D eigenvalue weighted by atomic mass is 31.2. The van der Waals surface area contributed by atoms with Crippen molar-refractivity contribution in [2.45, 2.75) is 6.42 Å². The molecule has 1 atom stereocenters. The third-order valence-corrected chi connectivity index (χ3v) is 5.27. The Labute approximate surface area is 155 Å². The molecule has 3 rings (SSSR count). The Morgan fingerprint density at radius 2 is 2.07 bits per heavy atom. The first-order valence-electron chi connectivity index (χ1n) is 8.14. The number of carbonyl (C=O) groups is 1. The predicted octanol–water partition coefficient (Wildman–Crippen LogP) is 1.28. The summed E-state index contributed by atoms with van der Waals surface area (Å²) in [6.07, 6.45) is 3.87. The van der Waals surface area contributed by atoms with Gasteiger partial charge in [-0.3, -0.25) is 4.57 Å². The van der Waals surface area contributed by atoms with E-state index in [1.54, 1.807) is 35.0 Å². The highest BCUT2D eigenvalue weighted by Gasteiger charge is 2.24. The minimum Gasteiger partial charge on any atom is -0.431 e. The van der Waals surface area contributed by atoms with Crippen molar-refractivity contribution in [1.82, 2.24) is 24.7 Å². The van der Waals surface area contributed by atoms with Gasteiger partial charge in [-0.25, -0.2) is 19.6 Å². The van der Waals surface area contributed by atoms with E-state index in [-0.39, 0.29) is 25.3 Å². The zero-order valence-electron chi connectivity index (χ0n) is 14.4. The van der Waals surface area contributed by atoms with Crippen molar-refractivity contribution in [3.63, 3.8) is 0 Å². The van der Waals surface area contributed by atoms with Crippen LogP contribution in [0.1, 0.15) is 5.69 Å². The van der Waals surface area contributed by atoms with E-state index < -0.39 is 7.52 Å². The Balaban J connectivity index is 1.59. The molecule has 3 aromatic rings. The number of carbonyl (C=O) groups excluding carboxylic acids is 1. The number of hydrogen-bond acceptors (Lipinski definition) is 8. The van der Waals surface area contributed by atoms with Crippen LogP contribution in [0.4, 0.5) is 5.82 Å². The summed E-state index contributed by atoms with van der Waals surface area (Å²) in [5, 5.41) is 6.71. The van der Waals surface area contributed by atoms with Gasteiger partial charge in [0.05, 0.1) is 25.0 Å². The van der Waals surface area contributed by atoms with Crippen LogP contribution >= 0.6 is 7.52 Å². The average molecular weight is 390 g/mol. The Morgan fingerprint density at radius 3 is 2.85 bits per heavy atom. The number of fused-ring (bicyclic) bond motifs is 1. The van der Waals surface area contributed by atoms with E-state index in [0.29, 0.717) is 24.1 Å². The number of nitrogen functional groups attached to an aromatic ring is 1. The number of aromatic nitrogens is 4. The molecule has 0 aliphatic rings. The lowest BCUT2D eigenvalue weighted by atomic mass is 10.3. The monoisotopic (exact) mass is 390 g/mol. The molecule has 10 nitrogen and oxygen atoms in total. The van der Waals surface area contributed by atoms with Crippen LogP contribution in [0.15, 0.2) is 42.9 Å². The van der Waals surface area contributed by atoms with Gasteiger partial charge in [0.15, 0.2) is 11.5 Å². The standard InChI is InChI=1S/C16H19N6O4P/c17-15-16-18-10-13(22(16)20-11-19-15)6-9-25-12-27(24,21-7-8-23)26-14-4-2-1-3-5-14/h1-5,8,10-11H,6-7,9,12H2,(H,21,24)(H2,17,19,20). The molecule has 0 spiro atoms. The molecular weight excluding hydrogens is 371 g/mol. The number of hydrogen-bond donors (Lipinski definition) is 2. The molecule has 1 aromatic carbocycles. The van der Waals surface area contributed by atoms with Crippen molar-refractivity contribution in [3.05, 3.63) is 48.5 Å². The van der Waals surface area contributed by atoms with E-state index in [1.807, 2.05) is 6.07 Å². The first-order valence-corrected chi connectivity index (χ1v) is 9.95. The van der Waals surface area contributed by atoms with Crippen molar-refractivity contribution < 1.29 is 18.6 Å². The number of anilines is 1. The summed E-state index contributed by atoms with van der Waals surface area (Å²) in [5.41, 5.74) is 6.99. The van der Waals surface area contributed by atoms with Crippen LogP contribution in [-0.4, -0.2) is 45.4 Å². The molecule has 2 aromatic heterocycles. The third-order valence-electron chi connectivity index (χ3n) is 3.58. The van der Waals surface area contributed by atoms with E-state index in [0.717, 1.165) is 5.69 Å². The fourth-order valence-electron chi connectivity index (χ4n) is 2.35. The van der Waals surface area contributed by atoms with Gasteiger partial charge < -0.3 is 19.8 Å². The Morgan fingerprint density at radius 1 is 1.26 bits per heavy atom. The molecule has 0 radical (unpaired) electrons. The highest BCUT2D eigenvalue weighted by Crippen LogP contribution is 2.42. The molecule has 0 saturated heterocycles. The van der Waals surface area contributed by atoms with Gasteiger partial charge in [0.2, 0.25) is 0 Å².